The topological polar surface area (TPSA) is 87.7 Å². The first-order valence-electron chi connectivity index (χ1n) is 5.89. The Hall–Kier alpha value is -1.60. The minimum absolute atomic E-state index is 0.0298. The number of hydrogen-bond donors (Lipinski definition) is 2. The fraction of sp³-hybridized carbons (Fsp3) is 0.333. The summed E-state index contributed by atoms with van der Waals surface area (Å²) in [4.78, 5) is 3.78. The Morgan fingerprint density at radius 1 is 1.30 bits per heavy atom. The van der Waals surface area contributed by atoms with Gasteiger partial charge in [-0.1, -0.05) is 32.4 Å². The summed E-state index contributed by atoms with van der Waals surface area (Å²) in [6, 6.07) is 4.47. The maximum Gasteiger partial charge on any atom is 0.264 e. The molecule has 0 aliphatic rings. The molecule has 0 aliphatic heterocycles. The Labute approximate surface area is 122 Å². The van der Waals surface area contributed by atoms with Gasteiger partial charge < -0.3 is 0 Å². The average molecular weight is 315 g/mol. The molecule has 0 unspecified atom stereocenters. The summed E-state index contributed by atoms with van der Waals surface area (Å²) in [5, 5.41) is 7.00. The summed E-state index contributed by atoms with van der Waals surface area (Å²) in [5.74, 6) is 0.241. The third-order valence-corrected chi connectivity index (χ3v) is 4.20. The van der Waals surface area contributed by atoms with Crippen molar-refractivity contribution in [3.63, 3.8) is 0 Å². The van der Waals surface area contributed by atoms with E-state index in [4.69, 9.17) is 11.6 Å². The molecule has 0 bridgehead atoms. The third kappa shape index (κ3) is 3.29. The summed E-state index contributed by atoms with van der Waals surface area (Å²) >= 11 is 5.63. The van der Waals surface area contributed by atoms with Gasteiger partial charge in [0.2, 0.25) is 0 Å². The van der Waals surface area contributed by atoms with Gasteiger partial charge in [0.05, 0.1) is 0 Å². The summed E-state index contributed by atoms with van der Waals surface area (Å²) in [6.07, 6.45) is 1.20. The number of rotatable bonds is 3. The number of hydrogen-bond acceptors (Lipinski definition) is 4. The molecule has 2 heterocycles. The largest absolute Gasteiger partial charge is 0.280 e. The molecule has 2 N–H and O–H groups in total. The maximum atomic E-state index is 12.1. The summed E-state index contributed by atoms with van der Waals surface area (Å²) in [5.41, 5.74) is 0.697. The zero-order chi connectivity index (χ0) is 15.0. The summed E-state index contributed by atoms with van der Waals surface area (Å²) in [7, 11) is -3.72. The number of aromatic nitrogens is 3. The van der Waals surface area contributed by atoms with E-state index in [0.717, 1.165) is 5.69 Å². The van der Waals surface area contributed by atoms with Crippen molar-refractivity contribution in [3.05, 3.63) is 35.2 Å². The zero-order valence-electron chi connectivity index (χ0n) is 11.3. The van der Waals surface area contributed by atoms with Crippen molar-refractivity contribution < 1.29 is 8.42 Å². The number of nitrogens with zero attached hydrogens (tertiary/aromatic N) is 2. The van der Waals surface area contributed by atoms with Crippen LogP contribution in [0, 0.1) is 0 Å². The summed E-state index contributed by atoms with van der Waals surface area (Å²) in [6.45, 7) is 6.01. The Morgan fingerprint density at radius 2 is 2.00 bits per heavy atom. The van der Waals surface area contributed by atoms with Gasteiger partial charge >= 0.3 is 0 Å². The van der Waals surface area contributed by atoms with E-state index in [1.165, 1.54) is 18.3 Å². The molecule has 2 aromatic heterocycles. The fourth-order valence-electron chi connectivity index (χ4n) is 1.48. The minimum Gasteiger partial charge on any atom is -0.280 e. The fourth-order valence-corrected chi connectivity index (χ4v) is 2.52. The van der Waals surface area contributed by atoms with Crippen LogP contribution < -0.4 is 4.72 Å². The van der Waals surface area contributed by atoms with Crippen molar-refractivity contribution in [3.8, 4) is 0 Å². The molecule has 0 spiro atoms. The molecule has 0 aliphatic carbocycles. The number of nitrogens with one attached hydrogen (secondary N) is 2. The van der Waals surface area contributed by atoms with Crippen LogP contribution in [0.4, 0.5) is 5.82 Å². The van der Waals surface area contributed by atoms with Crippen LogP contribution >= 0.6 is 11.6 Å². The smallest absolute Gasteiger partial charge is 0.264 e. The maximum absolute atomic E-state index is 12.1. The van der Waals surface area contributed by atoms with Crippen molar-refractivity contribution >= 4 is 27.4 Å². The first kappa shape index (κ1) is 14.8. The predicted octanol–water partition coefficient (Wildman–Crippen LogP) is 2.56. The second-order valence-corrected chi connectivity index (χ2v) is 7.41. The highest BCUT2D eigenvalue weighted by molar-refractivity contribution is 7.92. The van der Waals surface area contributed by atoms with Crippen LogP contribution in [-0.4, -0.2) is 23.6 Å². The van der Waals surface area contributed by atoms with E-state index < -0.39 is 10.0 Å². The van der Waals surface area contributed by atoms with E-state index in [0.29, 0.717) is 0 Å². The number of H-pyrrole nitrogens is 1. The van der Waals surface area contributed by atoms with Crippen LogP contribution in [0.25, 0.3) is 0 Å². The predicted molar refractivity (Wildman–Crippen MR) is 77.3 cm³/mol. The van der Waals surface area contributed by atoms with E-state index in [1.807, 2.05) is 20.8 Å². The molecule has 108 valence electrons. The molecule has 0 radical (unpaired) electrons. The monoisotopic (exact) mass is 314 g/mol. The van der Waals surface area contributed by atoms with Gasteiger partial charge in [0, 0.05) is 23.4 Å². The van der Waals surface area contributed by atoms with E-state index in [9.17, 15) is 8.42 Å². The lowest BCUT2D eigenvalue weighted by Crippen LogP contribution is -2.13. The van der Waals surface area contributed by atoms with Gasteiger partial charge in [-0.25, -0.2) is 13.4 Å². The Balaban J connectivity index is 2.25. The number of sulfonamides is 1. The summed E-state index contributed by atoms with van der Waals surface area (Å²) < 4.78 is 26.6. The highest BCUT2D eigenvalue weighted by Crippen LogP contribution is 2.23. The Morgan fingerprint density at radius 3 is 2.50 bits per heavy atom. The molecule has 6 nitrogen and oxygen atoms in total. The van der Waals surface area contributed by atoms with Gasteiger partial charge in [0.15, 0.2) is 5.82 Å². The molecule has 0 atom stereocenters. The van der Waals surface area contributed by atoms with Crippen LogP contribution in [0.5, 0.6) is 0 Å². The van der Waals surface area contributed by atoms with E-state index in [1.54, 1.807) is 6.07 Å². The van der Waals surface area contributed by atoms with Crippen LogP contribution in [-0.2, 0) is 15.4 Å². The Bertz CT molecular complexity index is 702. The van der Waals surface area contributed by atoms with Crippen molar-refractivity contribution in [2.75, 3.05) is 4.72 Å². The molecule has 2 aromatic rings. The number of pyridine rings is 1. The van der Waals surface area contributed by atoms with Crippen LogP contribution in [0.15, 0.2) is 29.3 Å². The average Bonchev–Trinajstić information content (AvgIpc) is 2.77. The van der Waals surface area contributed by atoms with Gasteiger partial charge in [0.1, 0.15) is 10.0 Å². The quantitative estimate of drug-likeness (QED) is 0.852. The molecule has 2 rings (SSSR count). The first-order chi connectivity index (χ1) is 9.18. The van der Waals surface area contributed by atoms with Gasteiger partial charge in [-0.15, -0.1) is 0 Å². The van der Waals surface area contributed by atoms with Crippen molar-refractivity contribution in [1.29, 1.82) is 0 Å². The minimum atomic E-state index is -3.72. The molecule has 20 heavy (non-hydrogen) atoms. The second kappa shape index (κ2) is 5.06. The molecular formula is C12H15ClN4O2S. The highest BCUT2D eigenvalue weighted by atomic mass is 35.5. The lowest BCUT2D eigenvalue weighted by molar-refractivity contribution is 0.567. The van der Waals surface area contributed by atoms with Gasteiger partial charge in [-0.3, -0.25) is 9.82 Å². The van der Waals surface area contributed by atoms with Gasteiger partial charge in [0.25, 0.3) is 10.0 Å². The van der Waals surface area contributed by atoms with Gasteiger partial charge in [-0.2, -0.15) is 5.10 Å². The lowest BCUT2D eigenvalue weighted by Gasteiger charge is -2.14. The Kier molecular flexibility index (Phi) is 3.75. The van der Waals surface area contributed by atoms with E-state index in [2.05, 4.69) is 19.9 Å². The molecular weight excluding hydrogens is 300 g/mol. The van der Waals surface area contributed by atoms with E-state index >= 15 is 0 Å². The van der Waals surface area contributed by atoms with Crippen LogP contribution in [0.2, 0.25) is 5.15 Å². The van der Waals surface area contributed by atoms with Gasteiger partial charge in [-0.05, 0) is 12.1 Å². The molecule has 0 saturated carbocycles. The van der Waals surface area contributed by atoms with Crippen LogP contribution in [0.3, 0.4) is 0 Å². The SMILES string of the molecule is CC(C)(C)c1cc(NS(=O)(=O)c2ccc(Cl)nc2)n[nH]1. The molecule has 0 amide bonds. The molecule has 8 heteroatoms. The second-order valence-electron chi connectivity index (χ2n) is 5.34. The number of halogens is 1. The molecule has 0 saturated heterocycles. The lowest BCUT2D eigenvalue weighted by atomic mass is 9.92. The van der Waals surface area contributed by atoms with Crippen LogP contribution in [0.1, 0.15) is 26.5 Å². The van der Waals surface area contributed by atoms with E-state index in [-0.39, 0.29) is 21.3 Å². The molecule has 0 aromatic carbocycles. The molecule has 0 fully saturated rings. The third-order valence-electron chi connectivity index (χ3n) is 2.64. The van der Waals surface area contributed by atoms with Crippen molar-refractivity contribution in [1.82, 2.24) is 15.2 Å². The highest BCUT2D eigenvalue weighted by Gasteiger charge is 2.20. The number of anilines is 1. The number of aromatic amines is 1. The first-order valence-corrected chi connectivity index (χ1v) is 7.75. The normalized spacial score (nSPS) is 12.4. The zero-order valence-corrected chi connectivity index (χ0v) is 12.9. The standard InChI is InChI=1S/C12H15ClN4O2S/c1-12(2,3)9-6-11(16-15-9)17-20(18,19)8-4-5-10(13)14-7-8/h4-7H,1-3H3,(H2,15,16,17). The van der Waals surface area contributed by atoms with Crippen molar-refractivity contribution in [2.45, 2.75) is 31.1 Å². The van der Waals surface area contributed by atoms with Crippen molar-refractivity contribution in [2.24, 2.45) is 0 Å².